The normalized spacial score (nSPS) is 13.3. The molecule has 1 aliphatic rings. The van der Waals surface area contributed by atoms with Crippen molar-refractivity contribution in [1.82, 2.24) is 0 Å². The van der Waals surface area contributed by atoms with Gasteiger partial charge in [0.2, 0.25) is 0 Å². The van der Waals surface area contributed by atoms with Gasteiger partial charge in [-0.15, -0.1) is 0 Å². The standard InChI is InChI=1S/C62H44O/c1-62(2)57-37-46(47-29-33-55-54-22-11-12-23-59(54)63-60(55)39-47)28-31-52(57)53-32-30-48(38-58(53)62)61(56-35-34-49(42-16-7-4-8-17-42)50-20-9-10-21-51(50)56)43-26-24-41(25-27-43)45-19-13-18-44(36-45)40-14-5-3-6-15-40/h3-39,61H,1-2H3. The van der Waals surface area contributed by atoms with E-state index in [0.717, 1.165) is 27.5 Å². The van der Waals surface area contributed by atoms with E-state index in [1.54, 1.807) is 0 Å². The molecule has 0 spiro atoms. The van der Waals surface area contributed by atoms with Gasteiger partial charge in [0.15, 0.2) is 0 Å². The topological polar surface area (TPSA) is 13.1 Å². The van der Waals surface area contributed by atoms with Gasteiger partial charge in [-0.25, -0.2) is 0 Å². The number of hydrogen-bond acceptors (Lipinski definition) is 1. The first-order valence-corrected chi connectivity index (χ1v) is 22.0. The third kappa shape index (κ3) is 6.23. The van der Waals surface area contributed by atoms with Crippen molar-refractivity contribution in [2.75, 3.05) is 0 Å². The summed E-state index contributed by atoms with van der Waals surface area (Å²) in [5.74, 6) is 0.000311. The van der Waals surface area contributed by atoms with Gasteiger partial charge in [0.25, 0.3) is 0 Å². The number of rotatable bonds is 7. The van der Waals surface area contributed by atoms with Gasteiger partial charge in [0.1, 0.15) is 11.2 Å². The summed E-state index contributed by atoms with van der Waals surface area (Å²) >= 11 is 0. The van der Waals surface area contributed by atoms with Crippen molar-refractivity contribution in [2.45, 2.75) is 25.2 Å². The lowest BCUT2D eigenvalue weighted by atomic mass is 9.77. The fraction of sp³-hybridized carbons (Fsp3) is 0.0645. The van der Waals surface area contributed by atoms with Crippen molar-refractivity contribution >= 4 is 32.7 Å². The minimum Gasteiger partial charge on any atom is -0.456 e. The quantitative estimate of drug-likeness (QED) is 0.146. The first-order valence-electron chi connectivity index (χ1n) is 22.0. The van der Waals surface area contributed by atoms with E-state index >= 15 is 0 Å². The van der Waals surface area contributed by atoms with Gasteiger partial charge in [-0.05, 0) is 125 Å². The summed E-state index contributed by atoms with van der Waals surface area (Å²) in [6.07, 6.45) is 0. The maximum atomic E-state index is 6.31. The van der Waals surface area contributed by atoms with Crippen LogP contribution < -0.4 is 0 Å². The Labute approximate surface area is 368 Å². The highest BCUT2D eigenvalue weighted by molar-refractivity contribution is 6.06. The molecule has 0 fully saturated rings. The largest absolute Gasteiger partial charge is 0.456 e. The Morgan fingerprint density at radius 2 is 0.825 bits per heavy atom. The Balaban J connectivity index is 0.969. The predicted octanol–water partition coefficient (Wildman–Crippen LogP) is 16.9. The molecule has 1 heteroatoms. The van der Waals surface area contributed by atoms with Crippen LogP contribution in [0.4, 0.5) is 0 Å². The fourth-order valence-electron chi connectivity index (χ4n) is 10.4. The summed E-state index contributed by atoms with van der Waals surface area (Å²) in [7, 11) is 0. The number of benzene rings is 10. The molecule has 1 atom stereocenters. The van der Waals surface area contributed by atoms with Crippen LogP contribution in [0.2, 0.25) is 0 Å². The monoisotopic (exact) mass is 804 g/mol. The molecule has 0 aliphatic heterocycles. The number of hydrogen-bond donors (Lipinski definition) is 0. The van der Waals surface area contributed by atoms with Crippen LogP contribution in [0.25, 0.3) is 88.3 Å². The Kier molecular flexibility index (Phi) is 8.66. The zero-order valence-electron chi connectivity index (χ0n) is 35.3. The van der Waals surface area contributed by atoms with E-state index in [4.69, 9.17) is 4.42 Å². The van der Waals surface area contributed by atoms with Gasteiger partial charge in [-0.2, -0.15) is 0 Å². The summed E-state index contributed by atoms with van der Waals surface area (Å²) in [4.78, 5) is 0. The fourth-order valence-corrected chi connectivity index (χ4v) is 10.4. The van der Waals surface area contributed by atoms with Crippen molar-refractivity contribution in [3.05, 3.63) is 252 Å². The van der Waals surface area contributed by atoms with Crippen LogP contribution in [0.5, 0.6) is 0 Å². The van der Waals surface area contributed by atoms with Crippen molar-refractivity contribution in [1.29, 1.82) is 0 Å². The SMILES string of the molecule is CC1(C)c2cc(-c3ccc4c(c3)oc3ccccc34)ccc2-c2ccc(C(c3ccc(-c4cccc(-c5ccccc5)c4)cc3)c3ccc(-c4ccccc4)c4ccccc34)cc21. The summed E-state index contributed by atoms with van der Waals surface area (Å²) in [5, 5.41) is 4.85. The summed E-state index contributed by atoms with van der Waals surface area (Å²) in [5.41, 5.74) is 20.6. The smallest absolute Gasteiger partial charge is 0.136 e. The second-order valence-electron chi connectivity index (χ2n) is 17.6. The third-order valence-electron chi connectivity index (χ3n) is 13.6. The lowest BCUT2D eigenvalue weighted by Gasteiger charge is -2.26. The number of furan rings is 1. The van der Waals surface area contributed by atoms with E-state index in [2.05, 4.69) is 226 Å². The van der Waals surface area contributed by atoms with Crippen LogP contribution in [-0.2, 0) is 5.41 Å². The molecule has 0 N–H and O–H groups in total. The van der Waals surface area contributed by atoms with Crippen LogP contribution in [0.15, 0.2) is 229 Å². The molecule has 0 radical (unpaired) electrons. The van der Waals surface area contributed by atoms with Crippen molar-refractivity contribution < 1.29 is 4.42 Å². The lowest BCUT2D eigenvalue weighted by molar-refractivity contribution is 0.659. The Bertz CT molecular complexity index is 3520. The second kappa shape index (κ2) is 14.7. The van der Waals surface area contributed by atoms with Gasteiger partial charge in [0, 0.05) is 22.1 Å². The van der Waals surface area contributed by atoms with E-state index in [1.165, 1.54) is 88.7 Å². The molecule has 298 valence electrons. The maximum absolute atomic E-state index is 6.31. The minimum absolute atomic E-state index is 0.000311. The predicted molar refractivity (Wildman–Crippen MR) is 264 cm³/mol. The van der Waals surface area contributed by atoms with Crippen LogP contribution >= 0.6 is 0 Å². The molecule has 0 amide bonds. The summed E-state index contributed by atoms with van der Waals surface area (Å²) < 4.78 is 6.31. The van der Waals surface area contributed by atoms with Crippen LogP contribution in [0.3, 0.4) is 0 Å². The van der Waals surface area contributed by atoms with Crippen molar-refractivity contribution in [3.8, 4) is 55.6 Å². The molecule has 0 bridgehead atoms. The van der Waals surface area contributed by atoms with Gasteiger partial charge in [0.05, 0.1) is 0 Å². The molecular weight excluding hydrogens is 761 g/mol. The molecule has 63 heavy (non-hydrogen) atoms. The molecule has 12 rings (SSSR count). The Hall–Kier alpha value is -7.74. The maximum Gasteiger partial charge on any atom is 0.136 e. The van der Waals surface area contributed by atoms with Crippen LogP contribution in [0.1, 0.15) is 47.6 Å². The average molecular weight is 805 g/mol. The molecule has 1 unspecified atom stereocenters. The lowest BCUT2D eigenvalue weighted by Crippen LogP contribution is -2.16. The minimum atomic E-state index is -0.211. The van der Waals surface area contributed by atoms with Gasteiger partial charge in [-0.3, -0.25) is 0 Å². The van der Waals surface area contributed by atoms with E-state index in [1.807, 2.05) is 12.1 Å². The third-order valence-corrected chi connectivity index (χ3v) is 13.6. The zero-order chi connectivity index (χ0) is 42.1. The highest BCUT2D eigenvalue weighted by atomic mass is 16.3. The van der Waals surface area contributed by atoms with E-state index in [-0.39, 0.29) is 11.3 Å². The second-order valence-corrected chi connectivity index (χ2v) is 17.6. The van der Waals surface area contributed by atoms with E-state index in [9.17, 15) is 0 Å². The molecule has 11 aromatic rings. The number of fused-ring (bicyclic) bond motifs is 7. The van der Waals surface area contributed by atoms with E-state index < -0.39 is 0 Å². The zero-order valence-corrected chi connectivity index (χ0v) is 35.3. The summed E-state index contributed by atoms with van der Waals surface area (Å²) in [6, 6.07) is 82.6. The van der Waals surface area contributed by atoms with Crippen molar-refractivity contribution in [2.24, 2.45) is 0 Å². The van der Waals surface area contributed by atoms with Gasteiger partial charge < -0.3 is 4.42 Å². The highest BCUT2D eigenvalue weighted by Crippen LogP contribution is 2.52. The molecule has 1 heterocycles. The molecular formula is C62H44O. The van der Waals surface area contributed by atoms with Gasteiger partial charge in [-0.1, -0.05) is 208 Å². The van der Waals surface area contributed by atoms with Crippen LogP contribution in [0, 0.1) is 0 Å². The molecule has 1 aliphatic carbocycles. The highest BCUT2D eigenvalue weighted by Gasteiger charge is 2.37. The molecule has 0 saturated carbocycles. The molecule has 10 aromatic carbocycles. The van der Waals surface area contributed by atoms with E-state index in [0.29, 0.717) is 0 Å². The van der Waals surface area contributed by atoms with Crippen LogP contribution in [-0.4, -0.2) is 0 Å². The summed E-state index contributed by atoms with van der Waals surface area (Å²) in [6.45, 7) is 4.79. The first-order chi connectivity index (χ1) is 31.0. The molecule has 1 aromatic heterocycles. The molecule has 1 nitrogen and oxygen atoms in total. The van der Waals surface area contributed by atoms with Crippen molar-refractivity contribution in [3.63, 3.8) is 0 Å². The Morgan fingerprint density at radius 3 is 1.59 bits per heavy atom. The Morgan fingerprint density at radius 1 is 0.317 bits per heavy atom. The molecule has 0 saturated heterocycles. The van der Waals surface area contributed by atoms with Gasteiger partial charge >= 0.3 is 0 Å². The number of para-hydroxylation sites is 1. The average Bonchev–Trinajstić information content (AvgIpc) is 3.83. The first kappa shape index (κ1) is 37.1.